The maximum atomic E-state index is 12.7. The summed E-state index contributed by atoms with van der Waals surface area (Å²) < 4.78 is 14.4. The van der Waals surface area contributed by atoms with Gasteiger partial charge in [-0.2, -0.15) is 0 Å². The van der Waals surface area contributed by atoms with Crippen LogP contribution in [-0.4, -0.2) is 11.3 Å². The van der Waals surface area contributed by atoms with Crippen molar-refractivity contribution >= 4 is 50.1 Å². The van der Waals surface area contributed by atoms with Crippen molar-refractivity contribution < 1.29 is 9.15 Å². The minimum Gasteiger partial charge on any atom is -0.471 e. The summed E-state index contributed by atoms with van der Waals surface area (Å²) >= 11 is 6.65. The lowest BCUT2D eigenvalue weighted by Gasteiger charge is -2.31. The number of anilines is 1. The van der Waals surface area contributed by atoms with Gasteiger partial charge in [0.15, 0.2) is 6.73 Å². The van der Waals surface area contributed by atoms with E-state index in [-0.39, 0.29) is 5.63 Å². The molecule has 34 heavy (non-hydrogen) atoms. The van der Waals surface area contributed by atoms with Crippen LogP contribution in [0.5, 0.6) is 5.75 Å². The maximum absolute atomic E-state index is 12.7. The quantitative estimate of drug-likeness (QED) is 0.279. The van der Waals surface area contributed by atoms with Crippen LogP contribution in [0.15, 0.2) is 57.7 Å². The fourth-order valence-corrected chi connectivity index (χ4v) is 6.13. The summed E-state index contributed by atoms with van der Waals surface area (Å²) in [7, 11) is 0. The summed E-state index contributed by atoms with van der Waals surface area (Å²) in [5, 5.41) is 3.99. The number of para-hydroxylation sites is 1. The zero-order valence-electron chi connectivity index (χ0n) is 18.9. The predicted molar refractivity (Wildman–Crippen MR) is 136 cm³/mol. The summed E-state index contributed by atoms with van der Waals surface area (Å²) in [6, 6.07) is 17.0. The van der Waals surface area contributed by atoms with Crippen molar-refractivity contribution in [2.75, 3.05) is 11.6 Å². The molecule has 1 aliphatic carbocycles. The number of aromatic nitrogens is 1. The molecule has 5 nitrogen and oxygen atoms in total. The maximum Gasteiger partial charge on any atom is 0.339 e. The van der Waals surface area contributed by atoms with Crippen molar-refractivity contribution in [3.8, 4) is 5.75 Å². The van der Waals surface area contributed by atoms with Crippen molar-refractivity contribution in [2.24, 2.45) is 0 Å². The fraction of sp³-hybridized carbons (Fsp3) is 0.250. The van der Waals surface area contributed by atoms with Crippen molar-refractivity contribution in [1.82, 2.24) is 4.57 Å². The van der Waals surface area contributed by atoms with E-state index in [1.807, 2.05) is 6.07 Å². The van der Waals surface area contributed by atoms with E-state index >= 15 is 0 Å². The largest absolute Gasteiger partial charge is 0.471 e. The molecular weight excluding hydrogens is 448 g/mol. The van der Waals surface area contributed by atoms with Crippen molar-refractivity contribution in [3.05, 3.63) is 80.7 Å². The molecule has 0 saturated heterocycles. The Balaban J connectivity index is 1.38. The zero-order chi connectivity index (χ0) is 23.0. The third-order valence-corrected chi connectivity index (χ3v) is 7.70. The molecule has 0 saturated carbocycles. The molecule has 0 bridgehead atoms. The van der Waals surface area contributed by atoms with E-state index in [0.29, 0.717) is 29.6 Å². The van der Waals surface area contributed by atoms with E-state index in [4.69, 9.17) is 20.8 Å². The van der Waals surface area contributed by atoms with E-state index in [0.717, 1.165) is 53.6 Å². The molecule has 7 rings (SSSR count). The molecule has 3 heterocycles. The number of ether oxygens (including phenoxy) is 1. The minimum absolute atomic E-state index is 0.226. The number of aryl methyl sites for hydroxylation is 2. The molecule has 0 amide bonds. The van der Waals surface area contributed by atoms with Crippen LogP contribution in [0.3, 0.4) is 0 Å². The zero-order valence-corrected chi connectivity index (χ0v) is 19.6. The van der Waals surface area contributed by atoms with E-state index < -0.39 is 0 Å². The van der Waals surface area contributed by atoms with Gasteiger partial charge in [-0.3, -0.25) is 0 Å². The molecule has 5 aromatic rings. The Labute approximate surface area is 201 Å². The number of rotatable bonds is 2. The number of benzene rings is 3. The van der Waals surface area contributed by atoms with Gasteiger partial charge < -0.3 is 18.6 Å². The molecule has 0 fully saturated rings. The first-order valence-corrected chi connectivity index (χ1v) is 12.2. The summed E-state index contributed by atoms with van der Waals surface area (Å²) in [4.78, 5) is 14.9. The van der Waals surface area contributed by atoms with E-state index in [1.165, 1.54) is 21.8 Å². The molecule has 2 aromatic heterocycles. The van der Waals surface area contributed by atoms with Gasteiger partial charge in [0.2, 0.25) is 0 Å². The number of hydrogen-bond donors (Lipinski definition) is 0. The SMILES string of the molecule is CCn1c2ccccc2c2cc(N3COc4c(Cl)cc5c6c(c(=O)oc5c4C3)CCC6)ccc21. The van der Waals surface area contributed by atoms with Crippen LogP contribution < -0.4 is 15.3 Å². The summed E-state index contributed by atoms with van der Waals surface area (Å²) in [6.45, 7) is 4.03. The second-order valence-corrected chi connectivity index (χ2v) is 9.58. The Kier molecular flexibility index (Phi) is 4.28. The van der Waals surface area contributed by atoms with Crippen LogP contribution in [0, 0.1) is 0 Å². The van der Waals surface area contributed by atoms with Gasteiger partial charge in [-0.1, -0.05) is 29.8 Å². The normalized spacial score (nSPS) is 15.2. The highest BCUT2D eigenvalue weighted by atomic mass is 35.5. The van der Waals surface area contributed by atoms with Gasteiger partial charge in [-0.15, -0.1) is 0 Å². The molecule has 0 N–H and O–H groups in total. The Hall–Kier alpha value is -3.44. The first kappa shape index (κ1) is 20.0. The molecular formula is C28H23ClN2O3. The van der Waals surface area contributed by atoms with Crippen molar-refractivity contribution in [2.45, 2.75) is 39.3 Å². The number of hydrogen-bond acceptors (Lipinski definition) is 4. The van der Waals surface area contributed by atoms with Crippen LogP contribution in [-0.2, 0) is 25.9 Å². The highest BCUT2D eigenvalue weighted by Gasteiger charge is 2.28. The Morgan fingerprint density at radius 3 is 2.65 bits per heavy atom. The molecule has 2 aliphatic rings. The first-order valence-electron chi connectivity index (χ1n) is 11.8. The first-order chi connectivity index (χ1) is 16.6. The molecule has 0 spiro atoms. The highest BCUT2D eigenvalue weighted by Crippen LogP contribution is 2.42. The number of nitrogens with zero attached hydrogens (tertiary/aromatic N) is 2. The van der Waals surface area contributed by atoms with Gasteiger partial charge in [0.25, 0.3) is 0 Å². The van der Waals surface area contributed by atoms with Gasteiger partial charge in [-0.25, -0.2) is 4.79 Å². The van der Waals surface area contributed by atoms with E-state index in [2.05, 4.69) is 58.9 Å². The monoisotopic (exact) mass is 470 g/mol. The lowest BCUT2D eigenvalue weighted by molar-refractivity contribution is 0.289. The molecule has 0 unspecified atom stereocenters. The molecule has 6 heteroatoms. The van der Waals surface area contributed by atoms with Crippen LogP contribution in [0.25, 0.3) is 32.8 Å². The predicted octanol–water partition coefficient (Wildman–Crippen LogP) is 6.42. The molecule has 0 radical (unpaired) electrons. The van der Waals surface area contributed by atoms with Gasteiger partial charge in [0.05, 0.1) is 17.1 Å². The number of halogens is 1. The van der Waals surface area contributed by atoms with Gasteiger partial charge in [0, 0.05) is 45.0 Å². The average Bonchev–Trinajstić information content (AvgIpc) is 3.48. The molecule has 3 aromatic carbocycles. The van der Waals surface area contributed by atoms with Crippen LogP contribution in [0.1, 0.15) is 30.0 Å². The smallest absolute Gasteiger partial charge is 0.339 e. The van der Waals surface area contributed by atoms with E-state index in [9.17, 15) is 4.79 Å². The van der Waals surface area contributed by atoms with Crippen molar-refractivity contribution in [1.29, 1.82) is 0 Å². The molecule has 0 atom stereocenters. The second-order valence-electron chi connectivity index (χ2n) is 9.18. The Morgan fingerprint density at radius 2 is 1.76 bits per heavy atom. The lowest BCUT2D eigenvalue weighted by atomic mass is 10.0. The van der Waals surface area contributed by atoms with Crippen LogP contribution in [0.4, 0.5) is 5.69 Å². The molecule has 170 valence electrons. The van der Waals surface area contributed by atoms with Gasteiger partial charge >= 0.3 is 5.63 Å². The molecule has 1 aliphatic heterocycles. The highest BCUT2D eigenvalue weighted by molar-refractivity contribution is 6.33. The third kappa shape index (κ3) is 2.70. The van der Waals surface area contributed by atoms with Crippen LogP contribution in [0.2, 0.25) is 5.02 Å². The van der Waals surface area contributed by atoms with Crippen molar-refractivity contribution in [3.63, 3.8) is 0 Å². The summed E-state index contributed by atoms with van der Waals surface area (Å²) in [5.74, 6) is 0.621. The fourth-order valence-electron chi connectivity index (χ4n) is 5.85. The lowest BCUT2D eigenvalue weighted by Crippen LogP contribution is -2.32. The van der Waals surface area contributed by atoms with E-state index in [1.54, 1.807) is 0 Å². The minimum atomic E-state index is -0.226. The van der Waals surface area contributed by atoms with Gasteiger partial charge in [0.1, 0.15) is 11.3 Å². The standard InChI is InChI=1S/C28H23ClN2O3/c1-2-31-24-9-4-3-6-18(24)20-12-16(10-11-25(20)31)30-14-22-26-21(13-23(29)27(22)33-15-30)17-7-5-8-19(17)28(32)34-26/h3-4,6,9-13H,2,5,7-8,14-15H2,1H3. The van der Waals surface area contributed by atoms with Gasteiger partial charge in [-0.05, 0) is 62.1 Å². The Morgan fingerprint density at radius 1 is 0.941 bits per heavy atom. The summed E-state index contributed by atoms with van der Waals surface area (Å²) in [6.07, 6.45) is 2.63. The second kappa shape index (κ2) is 7.28. The number of fused-ring (bicyclic) bond motifs is 8. The average molecular weight is 471 g/mol. The summed E-state index contributed by atoms with van der Waals surface area (Å²) in [5.41, 5.74) is 6.64. The Bertz CT molecular complexity index is 1700. The van der Waals surface area contributed by atoms with Crippen LogP contribution >= 0.6 is 11.6 Å². The topological polar surface area (TPSA) is 47.6 Å². The third-order valence-electron chi connectivity index (χ3n) is 7.42.